The molecule has 0 saturated carbocycles. The second-order valence-corrected chi connectivity index (χ2v) is 4.79. The maximum absolute atomic E-state index is 11.8. The van der Waals surface area contributed by atoms with Crippen molar-refractivity contribution in [3.8, 4) is 11.5 Å². The zero-order valence-electron chi connectivity index (χ0n) is 10.1. The number of halogens is 2. The molecule has 2 rings (SSSR count). The molecule has 0 fully saturated rings. The van der Waals surface area contributed by atoms with Crippen LogP contribution in [-0.2, 0) is 11.3 Å². The van der Waals surface area contributed by atoms with Gasteiger partial charge in [0.2, 0.25) is 0 Å². The molecule has 0 aliphatic heterocycles. The third-order valence-electron chi connectivity index (χ3n) is 2.61. The number of carbonyl (C=O) groups is 1. The second-order valence-electron chi connectivity index (χ2n) is 3.98. The van der Waals surface area contributed by atoms with Gasteiger partial charge in [-0.3, -0.25) is 0 Å². The van der Waals surface area contributed by atoms with Crippen molar-refractivity contribution in [1.82, 2.24) is 0 Å². The summed E-state index contributed by atoms with van der Waals surface area (Å²) in [5.41, 5.74) is 0.438. The van der Waals surface area contributed by atoms with E-state index in [0.717, 1.165) is 6.07 Å². The third kappa shape index (κ3) is 3.15. The molecule has 0 aliphatic rings. The molecule has 2 N–H and O–H groups in total. The van der Waals surface area contributed by atoms with E-state index in [4.69, 9.17) is 33.0 Å². The lowest BCUT2D eigenvalue weighted by molar-refractivity contribution is 0.0469. The van der Waals surface area contributed by atoms with E-state index in [2.05, 4.69) is 0 Å². The van der Waals surface area contributed by atoms with Gasteiger partial charge in [-0.2, -0.15) is 0 Å². The number of aromatic hydroxyl groups is 2. The number of carbonyl (C=O) groups excluding carboxylic acids is 1. The van der Waals surface area contributed by atoms with Gasteiger partial charge in [0.15, 0.2) is 0 Å². The molecule has 0 unspecified atom stereocenters. The highest BCUT2D eigenvalue weighted by Gasteiger charge is 2.15. The van der Waals surface area contributed by atoms with E-state index >= 15 is 0 Å². The molecule has 6 heteroatoms. The highest BCUT2D eigenvalue weighted by atomic mass is 35.5. The fraction of sp³-hybridized carbons (Fsp3) is 0.0714. The van der Waals surface area contributed by atoms with Crippen molar-refractivity contribution in [3.05, 3.63) is 57.6 Å². The third-order valence-corrected chi connectivity index (χ3v) is 3.32. The van der Waals surface area contributed by atoms with E-state index in [9.17, 15) is 9.90 Å². The van der Waals surface area contributed by atoms with Crippen LogP contribution in [0.5, 0.6) is 11.5 Å². The van der Waals surface area contributed by atoms with Crippen molar-refractivity contribution in [1.29, 1.82) is 0 Å². The SMILES string of the molecule is O=C(OCc1c(Cl)cccc1Cl)c1ccc(O)cc1O. The first-order valence-corrected chi connectivity index (χ1v) is 6.36. The lowest BCUT2D eigenvalue weighted by Crippen LogP contribution is -2.06. The number of phenolic OH excluding ortho intramolecular Hbond substituents is 2. The van der Waals surface area contributed by atoms with Gasteiger partial charge in [-0.15, -0.1) is 0 Å². The fourth-order valence-corrected chi connectivity index (χ4v) is 2.08. The summed E-state index contributed by atoms with van der Waals surface area (Å²) in [6.07, 6.45) is 0. The van der Waals surface area contributed by atoms with Gasteiger partial charge in [0, 0.05) is 21.7 Å². The van der Waals surface area contributed by atoms with Crippen molar-refractivity contribution in [2.45, 2.75) is 6.61 Å². The lowest BCUT2D eigenvalue weighted by Gasteiger charge is -2.09. The topological polar surface area (TPSA) is 66.8 Å². The van der Waals surface area contributed by atoms with Crippen LogP contribution in [0.3, 0.4) is 0 Å². The molecular weight excluding hydrogens is 303 g/mol. The molecular formula is C14H10Cl2O4. The van der Waals surface area contributed by atoms with E-state index < -0.39 is 5.97 Å². The van der Waals surface area contributed by atoms with Crippen molar-refractivity contribution in [2.75, 3.05) is 0 Å². The van der Waals surface area contributed by atoms with Crippen LogP contribution in [-0.4, -0.2) is 16.2 Å². The Hall–Kier alpha value is -1.91. The Kier molecular flexibility index (Phi) is 4.37. The van der Waals surface area contributed by atoms with Gasteiger partial charge in [0.05, 0.1) is 0 Å². The van der Waals surface area contributed by atoms with Gasteiger partial charge in [-0.25, -0.2) is 4.79 Å². The first kappa shape index (κ1) is 14.5. The van der Waals surface area contributed by atoms with E-state index in [0.29, 0.717) is 15.6 Å². The number of hydrogen-bond acceptors (Lipinski definition) is 4. The number of esters is 1. The minimum absolute atomic E-state index is 0.0500. The monoisotopic (exact) mass is 312 g/mol. The van der Waals surface area contributed by atoms with Crippen LogP contribution >= 0.6 is 23.2 Å². The average molecular weight is 313 g/mol. The van der Waals surface area contributed by atoms with Crippen molar-refractivity contribution < 1.29 is 19.7 Å². The summed E-state index contributed by atoms with van der Waals surface area (Å²) >= 11 is 11.9. The molecule has 0 aromatic heterocycles. The number of phenols is 2. The molecule has 0 aliphatic carbocycles. The van der Waals surface area contributed by atoms with Crippen LogP contribution in [0.4, 0.5) is 0 Å². The minimum atomic E-state index is -0.738. The number of hydrogen-bond donors (Lipinski definition) is 2. The Morgan fingerprint density at radius 2 is 1.75 bits per heavy atom. The van der Waals surface area contributed by atoms with Gasteiger partial charge in [0.1, 0.15) is 23.7 Å². The van der Waals surface area contributed by atoms with Gasteiger partial charge >= 0.3 is 5.97 Å². The molecule has 2 aromatic carbocycles. The molecule has 20 heavy (non-hydrogen) atoms. The molecule has 0 radical (unpaired) electrons. The van der Waals surface area contributed by atoms with Gasteiger partial charge in [-0.1, -0.05) is 29.3 Å². The van der Waals surface area contributed by atoms with E-state index in [1.54, 1.807) is 18.2 Å². The van der Waals surface area contributed by atoms with Crippen LogP contribution in [0, 0.1) is 0 Å². The predicted octanol–water partition coefficient (Wildman–Crippen LogP) is 3.76. The van der Waals surface area contributed by atoms with Crippen LogP contribution in [0.15, 0.2) is 36.4 Å². The zero-order valence-corrected chi connectivity index (χ0v) is 11.6. The smallest absolute Gasteiger partial charge is 0.342 e. The standard InChI is InChI=1S/C14H10Cl2O4/c15-11-2-1-3-12(16)10(11)7-20-14(19)9-5-4-8(17)6-13(9)18/h1-6,17-18H,7H2. The molecule has 0 atom stereocenters. The summed E-state index contributed by atoms with van der Waals surface area (Å²) in [7, 11) is 0. The first-order chi connectivity index (χ1) is 9.49. The summed E-state index contributed by atoms with van der Waals surface area (Å²) in [6, 6.07) is 8.55. The number of ether oxygens (including phenoxy) is 1. The van der Waals surface area contributed by atoms with E-state index in [1.165, 1.54) is 12.1 Å². The van der Waals surface area contributed by atoms with Gasteiger partial charge in [-0.05, 0) is 24.3 Å². The molecule has 0 heterocycles. The maximum Gasteiger partial charge on any atom is 0.342 e. The normalized spacial score (nSPS) is 10.3. The Labute approximate surface area is 125 Å². The fourth-order valence-electron chi connectivity index (χ4n) is 1.58. The number of rotatable bonds is 3. The largest absolute Gasteiger partial charge is 0.508 e. The summed E-state index contributed by atoms with van der Waals surface area (Å²) in [6.45, 7) is -0.113. The highest BCUT2D eigenvalue weighted by molar-refractivity contribution is 6.35. The van der Waals surface area contributed by atoms with Crippen molar-refractivity contribution in [3.63, 3.8) is 0 Å². The van der Waals surface area contributed by atoms with Crippen LogP contribution in [0.25, 0.3) is 0 Å². The molecule has 0 bridgehead atoms. The quantitative estimate of drug-likeness (QED) is 0.847. The molecule has 104 valence electrons. The van der Waals surface area contributed by atoms with E-state index in [-0.39, 0.29) is 23.7 Å². The Morgan fingerprint density at radius 1 is 1.10 bits per heavy atom. The van der Waals surface area contributed by atoms with Gasteiger partial charge < -0.3 is 14.9 Å². The van der Waals surface area contributed by atoms with Crippen molar-refractivity contribution >= 4 is 29.2 Å². The minimum Gasteiger partial charge on any atom is -0.508 e. The van der Waals surface area contributed by atoms with Crippen molar-refractivity contribution in [2.24, 2.45) is 0 Å². The Balaban J connectivity index is 2.13. The van der Waals surface area contributed by atoms with Crippen LogP contribution < -0.4 is 0 Å². The molecule has 0 amide bonds. The van der Waals surface area contributed by atoms with Gasteiger partial charge in [0.25, 0.3) is 0 Å². The first-order valence-electron chi connectivity index (χ1n) is 5.61. The Bertz CT molecular complexity index is 635. The number of benzene rings is 2. The molecule has 2 aromatic rings. The average Bonchev–Trinajstić information content (AvgIpc) is 2.37. The Morgan fingerprint density at radius 3 is 2.35 bits per heavy atom. The molecule has 4 nitrogen and oxygen atoms in total. The summed E-state index contributed by atoms with van der Waals surface area (Å²) in [4.78, 5) is 11.8. The second kappa shape index (κ2) is 6.03. The lowest BCUT2D eigenvalue weighted by atomic mass is 10.2. The zero-order chi connectivity index (χ0) is 14.7. The van der Waals surface area contributed by atoms with Crippen LogP contribution in [0.1, 0.15) is 15.9 Å². The van der Waals surface area contributed by atoms with E-state index in [1.807, 2.05) is 0 Å². The summed E-state index contributed by atoms with van der Waals surface area (Å²) in [5.74, 6) is -1.24. The van der Waals surface area contributed by atoms with Crippen LogP contribution in [0.2, 0.25) is 10.0 Å². The summed E-state index contributed by atoms with van der Waals surface area (Å²) < 4.78 is 5.05. The predicted molar refractivity (Wildman–Crippen MR) is 75.4 cm³/mol. The maximum atomic E-state index is 11.8. The molecule has 0 spiro atoms. The summed E-state index contributed by atoms with van der Waals surface area (Å²) in [5, 5.41) is 19.5. The highest BCUT2D eigenvalue weighted by Crippen LogP contribution is 2.27. The molecule has 0 saturated heterocycles.